The van der Waals surface area contributed by atoms with Crippen LogP contribution in [-0.4, -0.2) is 0 Å². The van der Waals surface area contributed by atoms with Crippen molar-refractivity contribution in [3.8, 4) is 5.75 Å². The van der Waals surface area contributed by atoms with Gasteiger partial charge in [-0.15, -0.1) is 0 Å². The fourth-order valence-corrected chi connectivity index (χ4v) is 2.10. The van der Waals surface area contributed by atoms with Gasteiger partial charge in [-0.25, -0.2) is 8.78 Å². The monoisotopic (exact) mass is 313 g/mol. The Morgan fingerprint density at radius 2 is 1.67 bits per heavy atom. The first kappa shape index (κ1) is 12.8. The molecule has 0 aliphatic rings. The predicted octanol–water partition coefficient (Wildman–Crippen LogP) is 3.89. The van der Waals surface area contributed by atoms with E-state index in [0.29, 0.717) is 5.69 Å². The quantitative estimate of drug-likeness (QED) is 0.873. The van der Waals surface area contributed by atoms with E-state index in [0.717, 1.165) is 28.2 Å². The van der Waals surface area contributed by atoms with Gasteiger partial charge < -0.3 is 10.5 Å². The highest BCUT2D eigenvalue weighted by molar-refractivity contribution is 9.10. The second kappa shape index (κ2) is 5.35. The number of nitrogens with two attached hydrogens (primary N) is 1. The van der Waals surface area contributed by atoms with Gasteiger partial charge >= 0.3 is 0 Å². The van der Waals surface area contributed by atoms with Crippen molar-refractivity contribution in [2.45, 2.75) is 6.61 Å². The number of halogens is 3. The fraction of sp³-hybridized carbons (Fsp3) is 0.0769. The average molecular weight is 314 g/mol. The van der Waals surface area contributed by atoms with Crippen LogP contribution in [0.5, 0.6) is 5.75 Å². The number of hydrogen-bond acceptors (Lipinski definition) is 2. The fourth-order valence-electron chi connectivity index (χ4n) is 1.54. The summed E-state index contributed by atoms with van der Waals surface area (Å²) in [6, 6.07) is 8.37. The first-order valence-electron chi connectivity index (χ1n) is 5.17. The molecule has 0 saturated carbocycles. The average Bonchev–Trinajstić information content (AvgIpc) is 2.23. The van der Waals surface area contributed by atoms with Crippen LogP contribution in [0.4, 0.5) is 14.5 Å². The molecular weight excluding hydrogens is 304 g/mol. The van der Waals surface area contributed by atoms with E-state index in [4.69, 9.17) is 10.5 Å². The van der Waals surface area contributed by atoms with Crippen LogP contribution in [0.2, 0.25) is 0 Å². The third kappa shape index (κ3) is 3.43. The van der Waals surface area contributed by atoms with Gasteiger partial charge in [0.2, 0.25) is 0 Å². The molecule has 0 bridgehead atoms. The lowest BCUT2D eigenvalue weighted by molar-refractivity contribution is 0.302. The van der Waals surface area contributed by atoms with Crippen LogP contribution >= 0.6 is 15.9 Å². The summed E-state index contributed by atoms with van der Waals surface area (Å²) in [5.41, 5.74) is 7.07. The maximum Gasteiger partial charge on any atom is 0.129 e. The summed E-state index contributed by atoms with van der Waals surface area (Å²) in [5, 5.41) is 0. The Morgan fingerprint density at radius 1 is 1.00 bits per heavy atom. The number of hydrogen-bond donors (Lipinski definition) is 1. The number of benzene rings is 2. The zero-order valence-electron chi connectivity index (χ0n) is 9.29. The van der Waals surface area contributed by atoms with Gasteiger partial charge in [0.15, 0.2) is 0 Å². The predicted molar refractivity (Wildman–Crippen MR) is 69.2 cm³/mol. The molecule has 0 spiro atoms. The Kier molecular flexibility index (Phi) is 3.81. The lowest BCUT2D eigenvalue weighted by atomic mass is 10.2. The normalized spacial score (nSPS) is 10.4. The largest absolute Gasteiger partial charge is 0.489 e. The molecule has 2 rings (SSSR count). The first-order valence-corrected chi connectivity index (χ1v) is 5.96. The van der Waals surface area contributed by atoms with Gasteiger partial charge in [0.25, 0.3) is 0 Å². The highest BCUT2D eigenvalue weighted by Gasteiger charge is 2.03. The van der Waals surface area contributed by atoms with E-state index in [1.54, 1.807) is 12.1 Å². The Labute approximate surface area is 112 Å². The zero-order chi connectivity index (χ0) is 13.1. The van der Waals surface area contributed by atoms with Gasteiger partial charge in [-0.1, -0.05) is 15.9 Å². The van der Waals surface area contributed by atoms with Crippen LogP contribution in [-0.2, 0) is 6.61 Å². The summed E-state index contributed by atoms with van der Waals surface area (Å²) in [7, 11) is 0. The number of nitrogen functional groups attached to an aromatic ring is 1. The van der Waals surface area contributed by atoms with Crippen LogP contribution < -0.4 is 10.5 Å². The molecule has 0 heterocycles. The lowest BCUT2D eigenvalue weighted by Crippen LogP contribution is -1.98. The van der Waals surface area contributed by atoms with Crippen molar-refractivity contribution in [2.75, 3.05) is 5.73 Å². The third-order valence-electron chi connectivity index (χ3n) is 2.22. The summed E-state index contributed by atoms with van der Waals surface area (Å²) in [6.07, 6.45) is 0. The second-order valence-electron chi connectivity index (χ2n) is 3.79. The minimum Gasteiger partial charge on any atom is -0.489 e. The molecular formula is C13H10BrF2NO. The summed E-state index contributed by atoms with van der Waals surface area (Å²) >= 11 is 3.31. The van der Waals surface area contributed by atoms with E-state index in [1.807, 2.05) is 6.07 Å². The Morgan fingerprint density at radius 3 is 2.28 bits per heavy atom. The Balaban J connectivity index is 2.11. The molecule has 0 atom stereocenters. The highest BCUT2D eigenvalue weighted by Crippen LogP contribution is 2.20. The van der Waals surface area contributed by atoms with Crippen LogP contribution in [0.25, 0.3) is 0 Å². The maximum absolute atomic E-state index is 12.9. The van der Waals surface area contributed by atoms with Crippen molar-refractivity contribution in [2.24, 2.45) is 0 Å². The van der Waals surface area contributed by atoms with Crippen molar-refractivity contribution < 1.29 is 13.5 Å². The van der Waals surface area contributed by atoms with Gasteiger partial charge in [-0.3, -0.25) is 0 Å². The lowest BCUT2D eigenvalue weighted by Gasteiger charge is -2.08. The van der Waals surface area contributed by atoms with E-state index in [9.17, 15) is 8.78 Å². The summed E-state index contributed by atoms with van der Waals surface area (Å²) in [4.78, 5) is 0. The number of ether oxygens (including phenoxy) is 1. The molecule has 18 heavy (non-hydrogen) atoms. The molecule has 0 amide bonds. The van der Waals surface area contributed by atoms with E-state index < -0.39 is 11.6 Å². The maximum atomic E-state index is 12.9. The van der Waals surface area contributed by atoms with Crippen molar-refractivity contribution in [1.29, 1.82) is 0 Å². The number of anilines is 1. The Bertz CT molecular complexity index is 483. The van der Waals surface area contributed by atoms with Crippen molar-refractivity contribution in [1.82, 2.24) is 0 Å². The molecule has 2 aromatic rings. The molecule has 0 aliphatic carbocycles. The minimum absolute atomic E-state index is 0.144. The van der Waals surface area contributed by atoms with E-state index in [-0.39, 0.29) is 12.4 Å². The van der Waals surface area contributed by atoms with Crippen LogP contribution in [0.3, 0.4) is 0 Å². The topological polar surface area (TPSA) is 35.2 Å². The highest BCUT2D eigenvalue weighted by atomic mass is 79.9. The van der Waals surface area contributed by atoms with Crippen LogP contribution in [0.15, 0.2) is 40.9 Å². The molecule has 0 aromatic heterocycles. The molecule has 0 saturated heterocycles. The second-order valence-corrected chi connectivity index (χ2v) is 4.70. The summed E-state index contributed by atoms with van der Waals surface area (Å²) in [5.74, 6) is -1.19. The van der Waals surface area contributed by atoms with Crippen molar-refractivity contribution in [3.63, 3.8) is 0 Å². The molecule has 94 valence electrons. The van der Waals surface area contributed by atoms with Gasteiger partial charge in [0, 0.05) is 28.4 Å². The molecule has 2 aromatic carbocycles. The van der Waals surface area contributed by atoms with Crippen LogP contribution in [0, 0.1) is 11.6 Å². The SMILES string of the molecule is Nc1cc(Br)cc(COc2cc(F)cc(F)c2)c1. The van der Waals surface area contributed by atoms with Crippen molar-refractivity contribution >= 4 is 21.6 Å². The Hall–Kier alpha value is -1.62. The van der Waals surface area contributed by atoms with Crippen LogP contribution in [0.1, 0.15) is 5.56 Å². The standard InChI is InChI=1S/C13H10BrF2NO/c14-9-1-8(2-12(17)3-9)7-18-13-5-10(15)4-11(16)6-13/h1-6H,7,17H2. The van der Waals surface area contributed by atoms with E-state index in [2.05, 4.69) is 15.9 Å². The molecule has 2 N–H and O–H groups in total. The van der Waals surface area contributed by atoms with E-state index in [1.165, 1.54) is 0 Å². The molecule has 0 unspecified atom stereocenters. The first-order chi connectivity index (χ1) is 8.52. The molecule has 0 radical (unpaired) electrons. The van der Waals surface area contributed by atoms with Gasteiger partial charge in [-0.05, 0) is 23.8 Å². The minimum atomic E-state index is -0.668. The zero-order valence-corrected chi connectivity index (χ0v) is 10.9. The van der Waals surface area contributed by atoms with E-state index >= 15 is 0 Å². The van der Waals surface area contributed by atoms with Crippen molar-refractivity contribution in [3.05, 3.63) is 58.1 Å². The smallest absolute Gasteiger partial charge is 0.129 e. The van der Waals surface area contributed by atoms with Gasteiger partial charge in [0.05, 0.1) is 0 Å². The molecule has 0 aliphatic heterocycles. The third-order valence-corrected chi connectivity index (χ3v) is 2.68. The number of rotatable bonds is 3. The van der Waals surface area contributed by atoms with Gasteiger partial charge in [0.1, 0.15) is 24.0 Å². The summed E-state index contributed by atoms with van der Waals surface area (Å²) < 4.78 is 32.0. The van der Waals surface area contributed by atoms with Gasteiger partial charge in [-0.2, -0.15) is 0 Å². The molecule has 2 nitrogen and oxygen atoms in total. The summed E-state index contributed by atoms with van der Waals surface area (Å²) in [6.45, 7) is 0.187. The molecule has 5 heteroatoms. The molecule has 0 fully saturated rings.